The molecule has 2 rings (SSSR count). The highest BCUT2D eigenvalue weighted by atomic mass is 16.3. The van der Waals surface area contributed by atoms with Gasteiger partial charge in [0.15, 0.2) is 0 Å². The molecule has 1 aliphatic heterocycles. The average molecular weight is 261 g/mol. The maximum atomic E-state index is 10.6. The molecule has 0 radical (unpaired) electrons. The molecule has 1 aliphatic rings. The molecule has 19 heavy (non-hydrogen) atoms. The van der Waals surface area contributed by atoms with Gasteiger partial charge >= 0.3 is 0 Å². The highest BCUT2D eigenvalue weighted by Crippen LogP contribution is 2.26. The van der Waals surface area contributed by atoms with Crippen LogP contribution in [0.5, 0.6) is 0 Å². The van der Waals surface area contributed by atoms with E-state index < -0.39 is 0 Å². The Hall–Kier alpha value is -0.860. The number of piperidine rings is 1. The Morgan fingerprint density at radius 2 is 1.84 bits per heavy atom. The predicted molar refractivity (Wildman–Crippen MR) is 80.5 cm³/mol. The van der Waals surface area contributed by atoms with Gasteiger partial charge in [-0.15, -0.1) is 0 Å². The predicted octanol–water partition coefficient (Wildman–Crippen LogP) is 3.52. The molecule has 2 heteroatoms. The zero-order chi connectivity index (χ0) is 14.0. The number of β-amino-alcohol motifs (C(OH)–C–C–N with tert-alkyl or cyclic N) is 1. The first-order chi connectivity index (χ1) is 8.99. The highest BCUT2D eigenvalue weighted by molar-refractivity contribution is 5.39. The molecule has 2 atom stereocenters. The van der Waals surface area contributed by atoms with E-state index in [4.69, 9.17) is 0 Å². The molecule has 1 N–H and O–H groups in total. The van der Waals surface area contributed by atoms with Gasteiger partial charge in [0, 0.05) is 12.6 Å². The van der Waals surface area contributed by atoms with Gasteiger partial charge in [-0.2, -0.15) is 0 Å². The van der Waals surface area contributed by atoms with Crippen molar-refractivity contribution in [3.05, 3.63) is 34.4 Å². The molecule has 2 unspecified atom stereocenters. The van der Waals surface area contributed by atoms with Gasteiger partial charge in [-0.05, 0) is 63.8 Å². The second-order valence-corrected chi connectivity index (χ2v) is 6.17. The number of nitrogens with zero attached hydrogens (tertiary/aromatic N) is 1. The minimum Gasteiger partial charge on any atom is -0.387 e. The van der Waals surface area contributed by atoms with Crippen LogP contribution in [0.4, 0.5) is 0 Å². The van der Waals surface area contributed by atoms with E-state index in [-0.39, 0.29) is 6.10 Å². The summed E-state index contributed by atoms with van der Waals surface area (Å²) in [5.74, 6) is 0. The smallest absolute Gasteiger partial charge is 0.0922 e. The minimum atomic E-state index is -0.360. The average Bonchev–Trinajstić information content (AvgIpc) is 2.30. The van der Waals surface area contributed by atoms with Crippen molar-refractivity contribution in [3.8, 4) is 0 Å². The molecule has 106 valence electrons. The SMILES string of the molecule is Cc1cc(C)c(C(O)CN2CCCCC2C)c(C)c1. The lowest BCUT2D eigenvalue weighted by Crippen LogP contribution is -2.40. The van der Waals surface area contributed by atoms with E-state index >= 15 is 0 Å². The van der Waals surface area contributed by atoms with Crippen molar-refractivity contribution in [2.75, 3.05) is 13.1 Å². The molecule has 0 spiro atoms. The zero-order valence-corrected chi connectivity index (χ0v) is 12.7. The summed E-state index contributed by atoms with van der Waals surface area (Å²) in [7, 11) is 0. The molecule has 1 saturated heterocycles. The minimum absolute atomic E-state index is 0.360. The molecule has 1 fully saturated rings. The second-order valence-electron chi connectivity index (χ2n) is 6.17. The van der Waals surface area contributed by atoms with Crippen molar-refractivity contribution in [1.82, 2.24) is 4.90 Å². The van der Waals surface area contributed by atoms with Gasteiger partial charge in [0.2, 0.25) is 0 Å². The molecule has 0 bridgehead atoms. The Kier molecular flexibility index (Phi) is 4.64. The van der Waals surface area contributed by atoms with Crippen LogP contribution in [-0.2, 0) is 0 Å². The molecular weight excluding hydrogens is 234 g/mol. The topological polar surface area (TPSA) is 23.5 Å². The second kappa shape index (κ2) is 6.06. The quantitative estimate of drug-likeness (QED) is 0.900. The largest absolute Gasteiger partial charge is 0.387 e. The molecule has 1 aromatic carbocycles. The lowest BCUT2D eigenvalue weighted by Gasteiger charge is -2.35. The van der Waals surface area contributed by atoms with Crippen LogP contribution in [0.1, 0.15) is 54.5 Å². The Morgan fingerprint density at radius 3 is 2.42 bits per heavy atom. The van der Waals surface area contributed by atoms with Crippen molar-refractivity contribution in [2.45, 2.75) is 59.1 Å². The van der Waals surface area contributed by atoms with Crippen molar-refractivity contribution < 1.29 is 5.11 Å². The third-order valence-electron chi connectivity index (χ3n) is 4.42. The fraction of sp³-hybridized carbons (Fsp3) is 0.647. The van der Waals surface area contributed by atoms with Gasteiger partial charge in [0.05, 0.1) is 6.10 Å². The summed E-state index contributed by atoms with van der Waals surface area (Å²) in [6.45, 7) is 10.5. The number of hydrogen-bond acceptors (Lipinski definition) is 2. The van der Waals surface area contributed by atoms with Gasteiger partial charge in [0.25, 0.3) is 0 Å². The van der Waals surface area contributed by atoms with Crippen LogP contribution in [0.25, 0.3) is 0 Å². The van der Waals surface area contributed by atoms with Gasteiger partial charge in [-0.1, -0.05) is 24.1 Å². The summed E-state index contributed by atoms with van der Waals surface area (Å²) >= 11 is 0. The first kappa shape index (κ1) is 14.5. The van der Waals surface area contributed by atoms with Crippen LogP contribution < -0.4 is 0 Å². The summed E-state index contributed by atoms with van der Waals surface area (Å²) in [5, 5.41) is 10.6. The Morgan fingerprint density at radius 1 is 1.21 bits per heavy atom. The third kappa shape index (κ3) is 3.37. The van der Waals surface area contributed by atoms with E-state index in [9.17, 15) is 5.11 Å². The summed E-state index contributed by atoms with van der Waals surface area (Å²) in [6.07, 6.45) is 3.50. The first-order valence-electron chi connectivity index (χ1n) is 7.49. The number of aliphatic hydroxyl groups is 1. The monoisotopic (exact) mass is 261 g/mol. The maximum Gasteiger partial charge on any atom is 0.0922 e. The normalized spacial score (nSPS) is 22.5. The van der Waals surface area contributed by atoms with Crippen LogP contribution in [0.2, 0.25) is 0 Å². The molecule has 0 amide bonds. The summed E-state index contributed by atoms with van der Waals surface area (Å²) in [6, 6.07) is 4.95. The number of rotatable bonds is 3. The zero-order valence-electron chi connectivity index (χ0n) is 12.7. The van der Waals surface area contributed by atoms with E-state index in [1.807, 2.05) is 0 Å². The Balaban J connectivity index is 2.13. The fourth-order valence-corrected chi connectivity index (χ4v) is 3.46. The molecule has 1 heterocycles. The third-order valence-corrected chi connectivity index (χ3v) is 4.42. The van der Waals surface area contributed by atoms with E-state index in [1.54, 1.807) is 0 Å². The van der Waals surface area contributed by atoms with Crippen molar-refractivity contribution in [2.24, 2.45) is 0 Å². The van der Waals surface area contributed by atoms with E-state index in [0.717, 1.165) is 18.7 Å². The molecule has 0 saturated carbocycles. The maximum absolute atomic E-state index is 10.6. The summed E-state index contributed by atoms with van der Waals surface area (Å²) in [5.41, 5.74) is 4.84. The lowest BCUT2D eigenvalue weighted by atomic mass is 9.94. The van der Waals surface area contributed by atoms with Crippen LogP contribution in [0.15, 0.2) is 12.1 Å². The Bertz CT molecular complexity index is 418. The molecule has 0 aliphatic carbocycles. The fourth-order valence-electron chi connectivity index (χ4n) is 3.46. The van der Waals surface area contributed by atoms with E-state index in [1.165, 1.54) is 36.0 Å². The van der Waals surface area contributed by atoms with Crippen LogP contribution >= 0.6 is 0 Å². The standard InChI is InChI=1S/C17H27NO/c1-12-9-13(2)17(14(3)10-12)16(19)11-18-8-6-5-7-15(18)4/h9-10,15-16,19H,5-8,11H2,1-4H3. The van der Waals surface area contributed by atoms with Crippen LogP contribution in [0, 0.1) is 20.8 Å². The van der Waals surface area contributed by atoms with Crippen LogP contribution in [0.3, 0.4) is 0 Å². The van der Waals surface area contributed by atoms with E-state index in [0.29, 0.717) is 6.04 Å². The molecular formula is C17H27NO. The summed E-state index contributed by atoms with van der Waals surface area (Å²) < 4.78 is 0. The number of hydrogen-bond donors (Lipinski definition) is 1. The summed E-state index contributed by atoms with van der Waals surface area (Å²) in [4.78, 5) is 2.44. The van der Waals surface area contributed by atoms with Crippen molar-refractivity contribution in [3.63, 3.8) is 0 Å². The lowest BCUT2D eigenvalue weighted by molar-refractivity contribution is 0.0726. The molecule has 2 nitrogen and oxygen atoms in total. The van der Waals surface area contributed by atoms with E-state index in [2.05, 4.69) is 44.7 Å². The first-order valence-corrected chi connectivity index (χ1v) is 7.49. The van der Waals surface area contributed by atoms with Gasteiger partial charge in [-0.25, -0.2) is 0 Å². The van der Waals surface area contributed by atoms with Gasteiger partial charge in [0.1, 0.15) is 0 Å². The number of aryl methyl sites for hydroxylation is 3. The molecule has 1 aromatic rings. The van der Waals surface area contributed by atoms with Crippen LogP contribution in [-0.4, -0.2) is 29.1 Å². The highest BCUT2D eigenvalue weighted by Gasteiger charge is 2.23. The van der Waals surface area contributed by atoms with Crippen molar-refractivity contribution in [1.29, 1.82) is 0 Å². The number of likely N-dealkylation sites (tertiary alicyclic amines) is 1. The van der Waals surface area contributed by atoms with Gasteiger partial charge in [-0.3, -0.25) is 4.90 Å². The Labute approximate surface area is 117 Å². The molecule has 0 aromatic heterocycles. The van der Waals surface area contributed by atoms with Crippen molar-refractivity contribution >= 4 is 0 Å². The van der Waals surface area contributed by atoms with Gasteiger partial charge < -0.3 is 5.11 Å². The number of benzene rings is 1. The number of aliphatic hydroxyl groups excluding tert-OH is 1.